The standard InChI is InChI=1S/C21H18Cl3NO/c1-15(6-7-16-8-11-18(22)12-9-16)25-21(26)5-3-2-4-17-10-13-19(23)14-20(17)24/h2-15H,1H3,(H,25,26). The van der Waals surface area contributed by atoms with Crippen LogP contribution in [0.2, 0.25) is 15.1 Å². The van der Waals surface area contributed by atoms with Crippen molar-refractivity contribution >= 4 is 52.9 Å². The zero-order valence-corrected chi connectivity index (χ0v) is 16.4. The normalized spacial score (nSPS) is 12.9. The molecule has 5 heteroatoms. The minimum absolute atomic E-state index is 0.0995. The van der Waals surface area contributed by atoms with Gasteiger partial charge in [0.2, 0.25) is 5.91 Å². The second-order valence-electron chi connectivity index (χ2n) is 5.59. The fourth-order valence-corrected chi connectivity index (χ4v) is 2.69. The Morgan fingerprint density at radius 2 is 1.65 bits per heavy atom. The Kier molecular flexibility index (Phi) is 7.99. The summed E-state index contributed by atoms with van der Waals surface area (Å²) in [5.74, 6) is -0.176. The number of benzene rings is 2. The van der Waals surface area contributed by atoms with Gasteiger partial charge in [0.05, 0.1) is 0 Å². The highest BCUT2D eigenvalue weighted by Gasteiger charge is 2.00. The van der Waals surface area contributed by atoms with Gasteiger partial charge in [0, 0.05) is 27.2 Å². The van der Waals surface area contributed by atoms with E-state index in [9.17, 15) is 4.79 Å². The molecule has 0 aliphatic carbocycles. The Hall–Kier alpha value is -2.00. The van der Waals surface area contributed by atoms with E-state index in [2.05, 4.69) is 5.32 Å². The zero-order valence-electron chi connectivity index (χ0n) is 14.1. The van der Waals surface area contributed by atoms with E-state index in [1.807, 2.05) is 55.5 Å². The van der Waals surface area contributed by atoms with E-state index in [1.54, 1.807) is 24.3 Å². The number of halogens is 3. The topological polar surface area (TPSA) is 29.1 Å². The Morgan fingerprint density at radius 3 is 2.35 bits per heavy atom. The summed E-state index contributed by atoms with van der Waals surface area (Å²) in [6.07, 6.45) is 10.5. The highest BCUT2D eigenvalue weighted by atomic mass is 35.5. The molecule has 0 aliphatic heterocycles. The van der Waals surface area contributed by atoms with Gasteiger partial charge >= 0.3 is 0 Å². The zero-order chi connectivity index (χ0) is 18.9. The van der Waals surface area contributed by atoms with Crippen LogP contribution >= 0.6 is 34.8 Å². The van der Waals surface area contributed by atoms with Crippen LogP contribution < -0.4 is 5.32 Å². The van der Waals surface area contributed by atoms with Crippen LogP contribution in [0.5, 0.6) is 0 Å². The van der Waals surface area contributed by atoms with E-state index in [1.165, 1.54) is 6.08 Å². The number of allylic oxidation sites excluding steroid dienone is 2. The lowest BCUT2D eigenvalue weighted by atomic mass is 10.2. The van der Waals surface area contributed by atoms with Crippen LogP contribution in [0.25, 0.3) is 12.2 Å². The number of hydrogen-bond donors (Lipinski definition) is 1. The van der Waals surface area contributed by atoms with Gasteiger partial charge in [0.1, 0.15) is 0 Å². The van der Waals surface area contributed by atoms with E-state index in [-0.39, 0.29) is 11.9 Å². The van der Waals surface area contributed by atoms with Crippen LogP contribution in [0, 0.1) is 0 Å². The van der Waals surface area contributed by atoms with E-state index >= 15 is 0 Å². The van der Waals surface area contributed by atoms with Crippen LogP contribution in [0.1, 0.15) is 18.1 Å². The fraction of sp³-hybridized carbons (Fsp3) is 0.0952. The second-order valence-corrected chi connectivity index (χ2v) is 6.87. The largest absolute Gasteiger partial charge is 0.347 e. The Morgan fingerprint density at radius 1 is 0.962 bits per heavy atom. The van der Waals surface area contributed by atoms with Crippen LogP contribution in [0.4, 0.5) is 0 Å². The van der Waals surface area contributed by atoms with Crippen LogP contribution in [-0.4, -0.2) is 11.9 Å². The van der Waals surface area contributed by atoms with Gasteiger partial charge in [0.25, 0.3) is 0 Å². The van der Waals surface area contributed by atoms with Crippen molar-refractivity contribution in [1.29, 1.82) is 0 Å². The number of carbonyl (C=O) groups is 1. The molecule has 1 N–H and O–H groups in total. The summed E-state index contributed by atoms with van der Waals surface area (Å²) in [4.78, 5) is 11.9. The maximum Gasteiger partial charge on any atom is 0.244 e. The Labute approximate surface area is 168 Å². The lowest BCUT2D eigenvalue weighted by Crippen LogP contribution is -2.29. The molecule has 0 radical (unpaired) electrons. The van der Waals surface area contributed by atoms with Gasteiger partial charge in [-0.1, -0.05) is 83.4 Å². The average Bonchev–Trinajstić information content (AvgIpc) is 2.59. The molecular weight excluding hydrogens is 389 g/mol. The predicted octanol–water partition coefficient (Wildman–Crippen LogP) is 6.43. The lowest BCUT2D eigenvalue weighted by Gasteiger charge is -2.06. The molecule has 0 heterocycles. The van der Waals surface area contributed by atoms with Crippen molar-refractivity contribution in [1.82, 2.24) is 5.32 Å². The van der Waals surface area contributed by atoms with E-state index in [0.717, 1.165) is 11.1 Å². The Balaban J connectivity index is 1.84. The summed E-state index contributed by atoms with van der Waals surface area (Å²) in [5, 5.41) is 4.71. The summed E-state index contributed by atoms with van der Waals surface area (Å²) < 4.78 is 0. The van der Waals surface area contributed by atoms with E-state index in [0.29, 0.717) is 15.1 Å². The Bertz CT molecular complexity index is 839. The molecule has 26 heavy (non-hydrogen) atoms. The molecule has 134 valence electrons. The van der Waals surface area contributed by atoms with Crippen molar-refractivity contribution in [3.8, 4) is 0 Å². The van der Waals surface area contributed by atoms with E-state index in [4.69, 9.17) is 34.8 Å². The molecule has 1 amide bonds. The summed E-state index contributed by atoms with van der Waals surface area (Å²) >= 11 is 17.8. The van der Waals surface area contributed by atoms with Gasteiger partial charge in [-0.2, -0.15) is 0 Å². The molecule has 2 aromatic carbocycles. The molecule has 0 aromatic heterocycles. The number of nitrogens with one attached hydrogen (secondary N) is 1. The highest BCUT2D eigenvalue weighted by Crippen LogP contribution is 2.21. The molecule has 2 rings (SSSR count). The van der Waals surface area contributed by atoms with Crippen LogP contribution in [-0.2, 0) is 4.79 Å². The molecule has 0 aliphatic rings. The molecule has 1 unspecified atom stereocenters. The number of hydrogen-bond acceptors (Lipinski definition) is 1. The summed E-state index contributed by atoms with van der Waals surface area (Å²) in [6.45, 7) is 1.90. The van der Waals surface area contributed by atoms with Gasteiger partial charge in [-0.25, -0.2) is 0 Å². The predicted molar refractivity (Wildman–Crippen MR) is 113 cm³/mol. The minimum atomic E-state index is -0.176. The van der Waals surface area contributed by atoms with Gasteiger partial charge in [-0.3, -0.25) is 4.79 Å². The molecule has 2 aromatic rings. The summed E-state index contributed by atoms with van der Waals surface area (Å²) in [7, 11) is 0. The summed E-state index contributed by atoms with van der Waals surface area (Å²) in [6, 6.07) is 12.6. The number of amides is 1. The van der Waals surface area contributed by atoms with Crippen molar-refractivity contribution in [3.63, 3.8) is 0 Å². The fourth-order valence-electron chi connectivity index (χ4n) is 2.09. The van der Waals surface area contributed by atoms with Crippen molar-refractivity contribution in [3.05, 3.63) is 93.0 Å². The molecule has 1 atom stereocenters. The summed E-state index contributed by atoms with van der Waals surface area (Å²) in [5.41, 5.74) is 1.86. The first-order chi connectivity index (χ1) is 12.4. The second kappa shape index (κ2) is 10.2. The van der Waals surface area contributed by atoms with Gasteiger partial charge in [-0.05, 0) is 42.3 Å². The molecule has 0 spiro atoms. The molecule has 0 saturated heterocycles. The molecule has 2 nitrogen and oxygen atoms in total. The first-order valence-electron chi connectivity index (χ1n) is 7.98. The van der Waals surface area contributed by atoms with Crippen LogP contribution in [0.15, 0.2) is 66.8 Å². The van der Waals surface area contributed by atoms with Crippen molar-refractivity contribution in [2.45, 2.75) is 13.0 Å². The van der Waals surface area contributed by atoms with Gasteiger partial charge in [-0.15, -0.1) is 0 Å². The first-order valence-corrected chi connectivity index (χ1v) is 9.11. The smallest absolute Gasteiger partial charge is 0.244 e. The quantitative estimate of drug-likeness (QED) is 0.434. The highest BCUT2D eigenvalue weighted by molar-refractivity contribution is 6.35. The maximum atomic E-state index is 11.9. The SMILES string of the molecule is CC(C=Cc1ccc(Cl)cc1)NC(=O)C=CC=Cc1ccc(Cl)cc1Cl. The molecular formula is C21H18Cl3NO. The minimum Gasteiger partial charge on any atom is -0.347 e. The average molecular weight is 407 g/mol. The van der Waals surface area contributed by atoms with Gasteiger partial charge in [0.15, 0.2) is 0 Å². The third-order valence-corrected chi connectivity index (χ3v) is 4.23. The third kappa shape index (κ3) is 7.09. The maximum absolute atomic E-state index is 11.9. The molecule has 0 bridgehead atoms. The van der Waals surface area contributed by atoms with Crippen molar-refractivity contribution in [2.75, 3.05) is 0 Å². The lowest BCUT2D eigenvalue weighted by molar-refractivity contribution is -0.116. The monoisotopic (exact) mass is 405 g/mol. The molecule has 0 saturated carbocycles. The van der Waals surface area contributed by atoms with Crippen molar-refractivity contribution < 1.29 is 4.79 Å². The van der Waals surface area contributed by atoms with Crippen LogP contribution in [0.3, 0.4) is 0 Å². The third-order valence-electron chi connectivity index (χ3n) is 3.41. The number of rotatable bonds is 6. The first kappa shape index (κ1) is 20.3. The molecule has 0 fully saturated rings. The number of carbonyl (C=O) groups excluding carboxylic acids is 1. The van der Waals surface area contributed by atoms with Gasteiger partial charge < -0.3 is 5.32 Å². The van der Waals surface area contributed by atoms with Crippen molar-refractivity contribution in [2.24, 2.45) is 0 Å². The van der Waals surface area contributed by atoms with E-state index < -0.39 is 0 Å².